The Balaban J connectivity index is 2.47. The maximum Gasteiger partial charge on any atom is 0.201 e. The molecule has 0 radical (unpaired) electrons. The molecule has 2 aromatic rings. The molecule has 0 amide bonds. The van der Waals surface area contributed by atoms with Gasteiger partial charge in [0.1, 0.15) is 0 Å². The molecule has 0 unspecified atom stereocenters. The summed E-state index contributed by atoms with van der Waals surface area (Å²) in [7, 11) is 0. The largest absolute Gasteiger partial charge is 0.201 e. The molecule has 0 aliphatic carbocycles. The summed E-state index contributed by atoms with van der Waals surface area (Å²) < 4.78 is -1.37. The Morgan fingerprint density at radius 1 is 0.684 bits per heavy atom. The van der Waals surface area contributed by atoms with Crippen LogP contribution < -0.4 is 0 Å². The summed E-state index contributed by atoms with van der Waals surface area (Å²) in [6.45, 7) is 4.08. The van der Waals surface area contributed by atoms with Crippen molar-refractivity contribution in [2.75, 3.05) is 0 Å². The molecule has 0 saturated heterocycles. The smallest absolute Gasteiger partial charge is 0.0826 e. The molecule has 0 fully saturated rings. The van der Waals surface area contributed by atoms with Gasteiger partial charge in [0.2, 0.25) is 3.79 Å². The predicted molar refractivity (Wildman–Crippen MR) is 84.5 cm³/mol. The molecule has 0 spiro atoms. The van der Waals surface area contributed by atoms with E-state index >= 15 is 0 Å². The molecule has 19 heavy (non-hydrogen) atoms. The van der Waals surface area contributed by atoms with Crippen LogP contribution in [0.1, 0.15) is 28.2 Å². The summed E-state index contributed by atoms with van der Waals surface area (Å²) in [4.78, 5) is 0. The van der Waals surface area contributed by atoms with Crippen molar-refractivity contribution in [3.05, 3.63) is 70.8 Å². The van der Waals surface area contributed by atoms with E-state index in [1.807, 2.05) is 62.4 Å². The molecule has 0 bridgehead atoms. The van der Waals surface area contributed by atoms with Crippen molar-refractivity contribution < 1.29 is 0 Å². The number of hydrogen-bond acceptors (Lipinski definition) is 0. The van der Waals surface area contributed by atoms with E-state index in [9.17, 15) is 0 Å². The van der Waals surface area contributed by atoms with E-state index in [2.05, 4.69) is 0 Å². The fourth-order valence-corrected chi connectivity index (χ4v) is 2.84. The van der Waals surface area contributed by atoms with E-state index in [0.717, 1.165) is 11.1 Å². The molecule has 0 atom stereocenters. The summed E-state index contributed by atoms with van der Waals surface area (Å²) in [5.41, 5.74) is 4.40. The monoisotopic (exact) mass is 312 g/mol. The highest BCUT2D eigenvalue weighted by Crippen LogP contribution is 2.45. The third kappa shape index (κ3) is 3.66. The minimum absolute atomic E-state index is 0.265. The van der Waals surface area contributed by atoms with Crippen LogP contribution in [0.3, 0.4) is 0 Å². The highest BCUT2D eigenvalue weighted by molar-refractivity contribution is 6.68. The Morgan fingerprint density at radius 2 is 1.00 bits per heavy atom. The highest BCUT2D eigenvalue weighted by Gasteiger charge is 2.35. The van der Waals surface area contributed by atoms with Gasteiger partial charge in [-0.3, -0.25) is 0 Å². The van der Waals surface area contributed by atoms with E-state index < -0.39 is 3.79 Å². The van der Waals surface area contributed by atoms with Crippen LogP contribution >= 0.6 is 34.8 Å². The van der Waals surface area contributed by atoms with Crippen LogP contribution in [0, 0.1) is 13.8 Å². The van der Waals surface area contributed by atoms with Crippen molar-refractivity contribution in [2.24, 2.45) is 0 Å². The number of alkyl halides is 3. The van der Waals surface area contributed by atoms with Gasteiger partial charge < -0.3 is 0 Å². The molecule has 100 valence electrons. The number of halogens is 3. The van der Waals surface area contributed by atoms with Crippen molar-refractivity contribution in [1.29, 1.82) is 0 Å². The molecule has 2 aromatic carbocycles. The molecular formula is C16H15Cl3. The molecule has 0 saturated carbocycles. The zero-order chi connectivity index (χ0) is 14.0. The molecular weight excluding hydrogens is 299 g/mol. The van der Waals surface area contributed by atoms with Gasteiger partial charge in [-0.15, -0.1) is 0 Å². The minimum Gasteiger partial charge on any atom is -0.0826 e. The van der Waals surface area contributed by atoms with Crippen LogP contribution in [0.15, 0.2) is 48.5 Å². The first kappa shape index (κ1) is 14.7. The number of benzene rings is 2. The van der Waals surface area contributed by atoms with Gasteiger partial charge in [0, 0.05) is 0 Å². The zero-order valence-electron chi connectivity index (χ0n) is 10.8. The topological polar surface area (TPSA) is 0 Å². The second-order valence-electron chi connectivity index (χ2n) is 4.80. The van der Waals surface area contributed by atoms with E-state index in [0.29, 0.717) is 0 Å². The first-order chi connectivity index (χ1) is 8.88. The van der Waals surface area contributed by atoms with Crippen LogP contribution in [0.25, 0.3) is 0 Å². The van der Waals surface area contributed by atoms with Gasteiger partial charge in [-0.2, -0.15) is 0 Å². The van der Waals surface area contributed by atoms with Crippen LogP contribution in [-0.2, 0) is 0 Å². The minimum atomic E-state index is -1.37. The van der Waals surface area contributed by atoms with Crippen molar-refractivity contribution in [3.63, 3.8) is 0 Å². The van der Waals surface area contributed by atoms with E-state index in [4.69, 9.17) is 34.8 Å². The summed E-state index contributed by atoms with van der Waals surface area (Å²) in [5.74, 6) is -0.265. The van der Waals surface area contributed by atoms with E-state index in [1.54, 1.807) is 0 Å². The Morgan fingerprint density at radius 3 is 1.26 bits per heavy atom. The standard InChI is InChI=1S/C16H15Cl3/c1-11-3-7-13(8-4-11)15(16(17,18)19)14-9-5-12(2)6-10-14/h3-10,15H,1-2H3. The molecule has 0 nitrogen and oxygen atoms in total. The number of aryl methyl sites for hydroxylation is 2. The van der Waals surface area contributed by atoms with E-state index in [-0.39, 0.29) is 5.92 Å². The van der Waals surface area contributed by atoms with Crippen molar-refractivity contribution in [2.45, 2.75) is 23.6 Å². The maximum atomic E-state index is 6.18. The van der Waals surface area contributed by atoms with Gasteiger partial charge in [-0.25, -0.2) is 0 Å². The number of hydrogen-bond donors (Lipinski definition) is 0. The van der Waals surface area contributed by atoms with Gasteiger partial charge >= 0.3 is 0 Å². The molecule has 0 aliphatic heterocycles. The predicted octanol–water partition coefficient (Wildman–Crippen LogP) is 5.81. The van der Waals surface area contributed by atoms with Crippen molar-refractivity contribution in [1.82, 2.24) is 0 Å². The van der Waals surface area contributed by atoms with Crippen LogP contribution in [0.4, 0.5) is 0 Å². The average Bonchev–Trinajstić information content (AvgIpc) is 2.33. The van der Waals surface area contributed by atoms with Gasteiger partial charge in [0.25, 0.3) is 0 Å². The van der Waals surface area contributed by atoms with Crippen LogP contribution in [-0.4, -0.2) is 3.79 Å². The lowest BCUT2D eigenvalue weighted by Crippen LogP contribution is -2.18. The van der Waals surface area contributed by atoms with Gasteiger partial charge in [-0.05, 0) is 25.0 Å². The zero-order valence-corrected chi connectivity index (χ0v) is 13.1. The van der Waals surface area contributed by atoms with Crippen LogP contribution in [0.5, 0.6) is 0 Å². The fraction of sp³-hybridized carbons (Fsp3) is 0.250. The molecule has 0 heterocycles. The lowest BCUT2D eigenvalue weighted by molar-refractivity contribution is 0.838. The lowest BCUT2D eigenvalue weighted by Gasteiger charge is -2.25. The third-order valence-electron chi connectivity index (χ3n) is 3.15. The summed E-state index contributed by atoms with van der Waals surface area (Å²) in [5, 5.41) is 0. The Kier molecular flexibility index (Phi) is 4.45. The molecule has 0 N–H and O–H groups in total. The first-order valence-corrected chi connectivity index (χ1v) is 7.21. The van der Waals surface area contributed by atoms with Crippen LogP contribution in [0.2, 0.25) is 0 Å². The van der Waals surface area contributed by atoms with Gasteiger partial charge in [0.05, 0.1) is 5.92 Å². The number of rotatable bonds is 2. The molecule has 2 rings (SSSR count). The van der Waals surface area contributed by atoms with Gasteiger partial charge in [0.15, 0.2) is 0 Å². The molecule has 0 aromatic heterocycles. The summed E-state index contributed by atoms with van der Waals surface area (Å²) in [6.07, 6.45) is 0. The maximum absolute atomic E-state index is 6.18. The first-order valence-electron chi connectivity index (χ1n) is 6.08. The highest BCUT2D eigenvalue weighted by atomic mass is 35.6. The normalized spacial score (nSPS) is 11.9. The Hall–Kier alpha value is -0.690. The van der Waals surface area contributed by atoms with E-state index in [1.165, 1.54) is 11.1 Å². The fourth-order valence-electron chi connectivity index (χ4n) is 2.09. The summed E-state index contributed by atoms with van der Waals surface area (Å²) >= 11 is 18.5. The average molecular weight is 314 g/mol. The lowest BCUT2D eigenvalue weighted by atomic mass is 9.91. The van der Waals surface area contributed by atoms with Crippen molar-refractivity contribution in [3.8, 4) is 0 Å². The second kappa shape index (κ2) is 5.75. The van der Waals surface area contributed by atoms with Gasteiger partial charge in [-0.1, -0.05) is 94.5 Å². The molecule has 0 aliphatic rings. The Bertz CT molecular complexity index is 490. The van der Waals surface area contributed by atoms with Crippen molar-refractivity contribution >= 4 is 34.8 Å². The second-order valence-corrected chi connectivity index (χ2v) is 7.16. The quantitative estimate of drug-likeness (QED) is 0.614. The molecule has 3 heteroatoms. The summed E-state index contributed by atoms with van der Waals surface area (Å²) in [6, 6.07) is 16.2. The SMILES string of the molecule is Cc1ccc(C(c2ccc(C)cc2)C(Cl)(Cl)Cl)cc1. The Labute approximate surface area is 129 Å². The third-order valence-corrected chi connectivity index (χ3v) is 3.80.